The number of hydrogen-bond donors (Lipinski definition) is 1. The zero-order valence-corrected chi connectivity index (χ0v) is 11.2. The SMILES string of the molecule is CC1(N)CCN(CCc2ccc(Cl)cc2)CC1. The van der Waals surface area contributed by atoms with Crippen LogP contribution in [-0.4, -0.2) is 30.1 Å². The van der Waals surface area contributed by atoms with Crippen molar-refractivity contribution in [3.63, 3.8) is 0 Å². The van der Waals surface area contributed by atoms with Crippen molar-refractivity contribution in [2.24, 2.45) is 5.73 Å². The minimum atomic E-state index is 0.0524. The molecule has 3 heteroatoms. The van der Waals surface area contributed by atoms with E-state index in [4.69, 9.17) is 17.3 Å². The summed E-state index contributed by atoms with van der Waals surface area (Å²) in [7, 11) is 0. The van der Waals surface area contributed by atoms with Crippen molar-refractivity contribution < 1.29 is 0 Å². The number of benzene rings is 1. The van der Waals surface area contributed by atoms with Gasteiger partial charge in [0.2, 0.25) is 0 Å². The predicted molar refractivity (Wildman–Crippen MR) is 73.4 cm³/mol. The normalized spacial score (nSPS) is 20.4. The number of nitrogens with zero attached hydrogens (tertiary/aromatic N) is 1. The van der Waals surface area contributed by atoms with E-state index in [-0.39, 0.29) is 5.54 Å². The quantitative estimate of drug-likeness (QED) is 0.896. The van der Waals surface area contributed by atoms with Crippen LogP contribution in [0.25, 0.3) is 0 Å². The van der Waals surface area contributed by atoms with E-state index in [1.54, 1.807) is 0 Å². The van der Waals surface area contributed by atoms with Crippen molar-refractivity contribution in [1.82, 2.24) is 4.90 Å². The Morgan fingerprint density at radius 3 is 2.41 bits per heavy atom. The number of likely N-dealkylation sites (tertiary alicyclic amines) is 1. The summed E-state index contributed by atoms with van der Waals surface area (Å²) in [5.74, 6) is 0. The number of nitrogens with two attached hydrogens (primary N) is 1. The fraction of sp³-hybridized carbons (Fsp3) is 0.571. The summed E-state index contributed by atoms with van der Waals surface area (Å²) in [6.07, 6.45) is 3.31. The Hall–Kier alpha value is -0.570. The van der Waals surface area contributed by atoms with Crippen LogP contribution >= 0.6 is 11.6 Å². The summed E-state index contributed by atoms with van der Waals surface area (Å²) in [4.78, 5) is 2.50. The maximum atomic E-state index is 6.12. The first kappa shape index (κ1) is 12.9. The van der Waals surface area contributed by atoms with Gasteiger partial charge in [0.15, 0.2) is 0 Å². The topological polar surface area (TPSA) is 29.3 Å². The molecule has 2 rings (SSSR count). The predicted octanol–water partition coefficient (Wildman–Crippen LogP) is 2.70. The maximum absolute atomic E-state index is 6.12. The zero-order chi connectivity index (χ0) is 12.3. The third kappa shape index (κ3) is 3.98. The van der Waals surface area contributed by atoms with E-state index in [9.17, 15) is 0 Å². The van der Waals surface area contributed by atoms with E-state index < -0.39 is 0 Å². The summed E-state index contributed by atoms with van der Waals surface area (Å²) in [6, 6.07) is 8.15. The van der Waals surface area contributed by atoms with E-state index in [0.717, 1.165) is 43.9 Å². The summed E-state index contributed by atoms with van der Waals surface area (Å²) in [6.45, 7) is 5.53. The molecule has 0 amide bonds. The summed E-state index contributed by atoms with van der Waals surface area (Å²) in [5, 5.41) is 0.811. The molecule has 2 nitrogen and oxygen atoms in total. The van der Waals surface area contributed by atoms with Gasteiger partial charge in [0.25, 0.3) is 0 Å². The molecule has 1 aliphatic rings. The molecular formula is C14H21ClN2. The van der Waals surface area contributed by atoms with Crippen LogP contribution in [0.4, 0.5) is 0 Å². The minimum Gasteiger partial charge on any atom is -0.325 e. The van der Waals surface area contributed by atoms with Gasteiger partial charge in [-0.2, -0.15) is 0 Å². The van der Waals surface area contributed by atoms with E-state index in [1.807, 2.05) is 12.1 Å². The third-order valence-corrected chi connectivity index (χ3v) is 3.88. The van der Waals surface area contributed by atoms with E-state index >= 15 is 0 Å². The molecule has 1 aromatic carbocycles. The highest BCUT2D eigenvalue weighted by molar-refractivity contribution is 6.30. The summed E-state index contributed by atoms with van der Waals surface area (Å²) >= 11 is 5.87. The molecule has 1 aromatic rings. The number of halogens is 1. The fourth-order valence-corrected chi connectivity index (χ4v) is 2.35. The molecule has 1 fully saturated rings. The van der Waals surface area contributed by atoms with E-state index in [1.165, 1.54) is 5.56 Å². The van der Waals surface area contributed by atoms with Crippen molar-refractivity contribution in [2.45, 2.75) is 31.7 Å². The molecule has 0 atom stereocenters. The Labute approximate surface area is 109 Å². The van der Waals surface area contributed by atoms with Crippen LogP contribution in [0.1, 0.15) is 25.3 Å². The molecular weight excluding hydrogens is 232 g/mol. The molecule has 0 unspecified atom stereocenters. The van der Waals surface area contributed by atoms with Crippen LogP contribution in [0, 0.1) is 0 Å². The largest absolute Gasteiger partial charge is 0.325 e. The highest BCUT2D eigenvalue weighted by atomic mass is 35.5. The average molecular weight is 253 g/mol. The summed E-state index contributed by atoms with van der Waals surface area (Å²) < 4.78 is 0. The Kier molecular flexibility index (Phi) is 4.08. The lowest BCUT2D eigenvalue weighted by Gasteiger charge is -2.36. The smallest absolute Gasteiger partial charge is 0.0406 e. The van der Waals surface area contributed by atoms with Crippen LogP contribution in [0.3, 0.4) is 0 Å². The molecule has 17 heavy (non-hydrogen) atoms. The molecule has 94 valence electrons. The molecule has 0 aromatic heterocycles. The van der Waals surface area contributed by atoms with Gasteiger partial charge in [0, 0.05) is 17.1 Å². The number of rotatable bonds is 3. The second-order valence-corrected chi connectivity index (χ2v) is 5.81. The van der Waals surface area contributed by atoms with E-state index in [0.29, 0.717) is 0 Å². The second kappa shape index (κ2) is 5.38. The van der Waals surface area contributed by atoms with Gasteiger partial charge in [-0.25, -0.2) is 0 Å². The molecule has 0 aliphatic carbocycles. The molecule has 0 spiro atoms. The first-order valence-electron chi connectivity index (χ1n) is 6.31. The monoisotopic (exact) mass is 252 g/mol. The molecule has 0 saturated carbocycles. The van der Waals surface area contributed by atoms with Gasteiger partial charge in [0.05, 0.1) is 0 Å². The lowest BCUT2D eigenvalue weighted by molar-refractivity contribution is 0.173. The fourth-order valence-electron chi connectivity index (χ4n) is 2.23. The average Bonchev–Trinajstić information content (AvgIpc) is 2.30. The Morgan fingerprint density at radius 2 is 1.82 bits per heavy atom. The van der Waals surface area contributed by atoms with Crippen molar-refractivity contribution in [3.05, 3.63) is 34.9 Å². The lowest BCUT2D eigenvalue weighted by Crippen LogP contribution is -2.48. The Balaban J connectivity index is 1.78. The standard InChI is InChI=1S/C14H21ClN2/c1-14(16)7-10-17(11-8-14)9-6-12-2-4-13(15)5-3-12/h2-5H,6-11,16H2,1H3. The van der Waals surface area contributed by atoms with Gasteiger partial charge >= 0.3 is 0 Å². The Bertz CT molecular complexity index is 349. The van der Waals surface area contributed by atoms with Gasteiger partial charge in [-0.05, 0) is 57.0 Å². The zero-order valence-electron chi connectivity index (χ0n) is 10.5. The van der Waals surface area contributed by atoms with Gasteiger partial charge in [0.1, 0.15) is 0 Å². The summed E-state index contributed by atoms with van der Waals surface area (Å²) in [5.41, 5.74) is 7.53. The van der Waals surface area contributed by atoms with Crippen molar-refractivity contribution in [3.8, 4) is 0 Å². The van der Waals surface area contributed by atoms with Crippen LogP contribution < -0.4 is 5.73 Å². The van der Waals surface area contributed by atoms with Gasteiger partial charge in [-0.15, -0.1) is 0 Å². The minimum absolute atomic E-state index is 0.0524. The van der Waals surface area contributed by atoms with Crippen LogP contribution in [-0.2, 0) is 6.42 Å². The second-order valence-electron chi connectivity index (χ2n) is 5.37. The van der Waals surface area contributed by atoms with Gasteiger partial charge < -0.3 is 10.6 Å². The first-order valence-corrected chi connectivity index (χ1v) is 6.69. The van der Waals surface area contributed by atoms with Crippen molar-refractivity contribution in [1.29, 1.82) is 0 Å². The Morgan fingerprint density at radius 1 is 1.24 bits per heavy atom. The lowest BCUT2D eigenvalue weighted by atomic mass is 9.91. The van der Waals surface area contributed by atoms with Crippen LogP contribution in [0.15, 0.2) is 24.3 Å². The van der Waals surface area contributed by atoms with Gasteiger partial charge in [-0.1, -0.05) is 23.7 Å². The van der Waals surface area contributed by atoms with E-state index in [2.05, 4.69) is 24.0 Å². The van der Waals surface area contributed by atoms with Gasteiger partial charge in [-0.3, -0.25) is 0 Å². The molecule has 1 aliphatic heterocycles. The molecule has 0 radical (unpaired) electrons. The first-order chi connectivity index (χ1) is 8.05. The molecule has 2 N–H and O–H groups in total. The number of hydrogen-bond acceptors (Lipinski definition) is 2. The highest BCUT2D eigenvalue weighted by Gasteiger charge is 2.25. The molecule has 1 heterocycles. The number of piperidine rings is 1. The van der Waals surface area contributed by atoms with Crippen LogP contribution in [0.2, 0.25) is 5.02 Å². The van der Waals surface area contributed by atoms with Crippen molar-refractivity contribution in [2.75, 3.05) is 19.6 Å². The molecule has 1 saturated heterocycles. The maximum Gasteiger partial charge on any atom is 0.0406 e. The van der Waals surface area contributed by atoms with Crippen LogP contribution in [0.5, 0.6) is 0 Å². The van der Waals surface area contributed by atoms with Crippen molar-refractivity contribution >= 4 is 11.6 Å². The molecule has 0 bridgehead atoms. The third-order valence-electron chi connectivity index (χ3n) is 3.63. The highest BCUT2D eigenvalue weighted by Crippen LogP contribution is 2.19.